The molecule has 0 heterocycles. The molecular weight excluding hydrogens is 236 g/mol. The zero-order valence-corrected chi connectivity index (χ0v) is 10.0. The van der Waals surface area contributed by atoms with Crippen molar-refractivity contribution >= 4 is 9.84 Å². The molecule has 3 nitrogen and oxygen atoms in total. The maximum absolute atomic E-state index is 11.3. The number of aromatic hydroxyl groups is 1. The lowest BCUT2D eigenvalue weighted by atomic mass is 10.1. The van der Waals surface area contributed by atoms with Crippen molar-refractivity contribution in [1.29, 1.82) is 0 Å². The van der Waals surface area contributed by atoms with Gasteiger partial charge in [-0.25, -0.2) is 8.42 Å². The van der Waals surface area contributed by atoms with E-state index in [4.69, 9.17) is 5.11 Å². The summed E-state index contributed by atoms with van der Waals surface area (Å²) in [6, 6.07) is 14.2. The van der Waals surface area contributed by atoms with Gasteiger partial charge in [0.25, 0.3) is 0 Å². The van der Waals surface area contributed by atoms with Gasteiger partial charge in [-0.15, -0.1) is 0 Å². The summed E-state index contributed by atoms with van der Waals surface area (Å²) in [6.07, 6.45) is 1.18. The van der Waals surface area contributed by atoms with Crippen molar-refractivity contribution in [2.45, 2.75) is 4.90 Å². The van der Waals surface area contributed by atoms with E-state index in [0.717, 1.165) is 11.1 Å². The SMILES string of the molecule is CS(=O)(=O)c1ccc(-c2c[c]c(O)cc2)cc1. The third kappa shape index (κ3) is 2.65. The second kappa shape index (κ2) is 4.22. The Hall–Kier alpha value is -1.81. The highest BCUT2D eigenvalue weighted by Gasteiger charge is 2.06. The minimum absolute atomic E-state index is 0.0847. The number of benzene rings is 2. The van der Waals surface area contributed by atoms with Crippen molar-refractivity contribution in [3.8, 4) is 16.9 Å². The molecule has 0 amide bonds. The van der Waals surface area contributed by atoms with Gasteiger partial charge in [-0.2, -0.15) is 0 Å². The van der Waals surface area contributed by atoms with Gasteiger partial charge in [-0.3, -0.25) is 0 Å². The van der Waals surface area contributed by atoms with Crippen molar-refractivity contribution in [2.24, 2.45) is 0 Å². The Balaban J connectivity index is 2.39. The Morgan fingerprint density at radius 3 is 2.06 bits per heavy atom. The van der Waals surface area contributed by atoms with E-state index in [1.54, 1.807) is 42.5 Å². The van der Waals surface area contributed by atoms with Crippen molar-refractivity contribution < 1.29 is 13.5 Å². The first-order valence-corrected chi connectivity index (χ1v) is 6.87. The van der Waals surface area contributed by atoms with Gasteiger partial charge in [0.2, 0.25) is 0 Å². The van der Waals surface area contributed by atoms with E-state index in [9.17, 15) is 8.42 Å². The number of sulfone groups is 1. The molecule has 2 rings (SSSR count). The number of hydrogen-bond acceptors (Lipinski definition) is 3. The average Bonchev–Trinajstić information content (AvgIpc) is 2.29. The maximum atomic E-state index is 11.3. The molecular formula is C13H11O3S. The highest BCUT2D eigenvalue weighted by molar-refractivity contribution is 7.90. The molecule has 2 aromatic rings. The minimum atomic E-state index is -3.16. The molecule has 0 saturated heterocycles. The second-order valence-electron chi connectivity index (χ2n) is 3.76. The lowest BCUT2D eigenvalue weighted by Crippen LogP contribution is -1.96. The third-order valence-corrected chi connectivity index (χ3v) is 3.54. The summed E-state index contributed by atoms with van der Waals surface area (Å²) >= 11 is 0. The summed E-state index contributed by atoms with van der Waals surface area (Å²) < 4.78 is 22.6. The molecule has 0 fully saturated rings. The zero-order valence-electron chi connectivity index (χ0n) is 9.21. The van der Waals surface area contributed by atoms with Gasteiger partial charge in [0.15, 0.2) is 9.84 Å². The van der Waals surface area contributed by atoms with Crippen LogP contribution in [0.1, 0.15) is 0 Å². The van der Waals surface area contributed by atoms with Gasteiger partial charge < -0.3 is 5.11 Å². The van der Waals surface area contributed by atoms with E-state index in [-0.39, 0.29) is 5.75 Å². The Kier molecular flexibility index (Phi) is 2.90. The Morgan fingerprint density at radius 1 is 1.00 bits per heavy atom. The Morgan fingerprint density at radius 2 is 1.59 bits per heavy atom. The van der Waals surface area contributed by atoms with Crippen LogP contribution in [-0.2, 0) is 9.84 Å². The average molecular weight is 247 g/mol. The summed E-state index contributed by atoms with van der Waals surface area (Å²) in [7, 11) is -3.16. The number of phenols is 1. The molecule has 0 aromatic heterocycles. The fourth-order valence-corrected chi connectivity index (χ4v) is 2.12. The van der Waals surface area contributed by atoms with Crippen molar-refractivity contribution in [1.82, 2.24) is 0 Å². The topological polar surface area (TPSA) is 54.4 Å². The highest BCUT2D eigenvalue weighted by atomic mass is 32.2. The molecule has 17 heavy (non-hydrogen) atoms. The first-order chi connectivity index (χ1) is 7.97. The molecule has 2 aromatic carbocycles. The standard InChI is InChI=1S/C13H11O3S/c1-17(15,16)13-8-4-11(5-9-13)10-2-6-12(14)7-3-10/h2-6,8-9,14H,1H3. The van der Waals surface area contributed by atoms with E-state index in [1.807, 2.05) is 0 Å². The molecule has 0 saturated carbocycles. The molecule has 1 N–H and O–H groups in total. The predicted octanol–water partition coefficient (Wildman–Crippen LogP) is 2.26. The fourth-order valence-electron chi connectivity index (χ4n) is 1.49. The smallest absolute Gasteiger partial charge is 0.175 e. The lowest BCUT2D eigenvalue weighted by molar-refractivity contribution is 0.474. The van der Waals surface area contributed by atoms with Crippen molar-refractivity contribution in [3.05, 3.63) is 48.5 Å². The summed E-state index contributed by atoms with van der Waals surface area (Å²) in [6.45, 7) is 0. The molecule has 1 radical (unpaired) electrons. The van der Waals surface area contributed by atoms with Crippen LogP contribution >= 0.6 is 0 Å². The van der Waals surface area contributed by atoms with E-state index in [1.165, 1.54) is 6.26 Å². The Bertz CT molecular complexity index is 611. The fraction of sp³-hybridized carbons (Fsp3) is 0.0769. The summed E-state index contributed by atoms with van der Waals surface area (Å²) in [5.41, 5.74) is 1.76. The molecule has 0 spiro atoms. The summed E-state index contributed by atoms with van der Waals surface area (Å²) in [5.74, 6) is 0.0847. The number of phenolic OH excluding ortho intramolecular Hbond substituents is 1. The van der Waals surface area contributed by atoms with Gasteiger partial charge >= 0.3 is 0 Å². The maximum Gasteiger partial charge on any atom is 0.175 e. The molecule has 0 aliphatic rings. The predicted molar refractivity (Wildman–Crippen MR) is 65.5 cm³/mol. The van der Waals surface area contributed by atoms with Crippen molar-refractivity contribution in [3.63, 3.8) is 0 Å². The normalized spacial score (nSPS) is 11.4. The Labute approximate surface area is 100 Å². The first-order valence-electron chi connectivity index (χ1n) is 4.98. The first kappa shape index (κ1) is 11.7. The van der Waals surface area contributed by atoms with Crippen LogP contribution in [0, 0.1) is 6.07 Å². The largest absolute Gasteiger partial charge is 0.507 e. The van der Waals surface area contributed by atoms with Crippen LogP contribution in [0.4, 0.5) is 0 Å². The molecule has 0 atom stereocenters. The van der Waals surface area contributed by atoms with Crippen LogP contribution in [0.3, 0.4) is 0 Å². The van der Waals surface area contributed by atoms with Gasteiger partial charge in [0, 0.05) is 12.3 Å². The molecule has 0 unspecified atom stereocenters. The molecule has 0 aliphatic heterocycles. The molecule has 4 heteroatoms. The monoisotopic (exact) mass is 247 g/mol. The van der Waals surface area contributed by atoms with Gasteiger partial charge in [-0.1, -0.05) is 18.2 Å². The van der Waals surface area contributed by atoms with Crippen LogP contribution in [0.15, 0.2) is 47.4 Å². The number of hydrogen-bond donors (Lipinski definition) is 1. The molecule has 0 bridgehead atoms. The van der Waals surface area contributed by atoms with E-state index in [2.05, 4.69) is 6.07 Å². The summed E-state index contributed by atoms with van der Waals surface area (Å²) in [4.78, 5) is 0.295. The zero-order chi connectivity index (χ0) is 12.5. The van der Waals surface area contributed by atoms with Crippen molar-refractivity contribution in [2.75, 3.05) is 6.26 Å². The van der Waals surface area contributed by atoms with Crippen LogP contribution in [0.2, 0.25) is 0 Å². The number of rotatable bonds is 2. The second-order valence-corrected chi connectivity index (χ2v) is 5.77. The molecule has 0 aliphatic carbocycles. The van der Waals surface area contributed by atoms with E-state index in [0.29, 0.717) is 4.90 Å². The quantitative estimate of drug-likeness (QED) is 0.885. The van der Waals surface area contributed by atoms with E-state index >= 15 is 0 Å². The van der Waals surface area contributed by atoms with Crippen LogP contribution in [0.25, 0.3) is 11.1 Å². The molecule has 87 valence electrons. The van der Waals surface area contributed by atoms with Crippen LogP contribution < -0.4 is 0 Å². The van der Waals surface area contributed by atoms with Crippen LogP contribution in [0.5, 0.6) is 5.75 Å². The third-order valence-electron chi connectivity index (χ3n) is 2.41. The van der Waals surface area contributed by atoms with Gasteiger partial charge in [0.05, 0.1) is 4.90 Å². The van der Waals surface area contributed by atoms with E-state index < -0.39 is 9.84 Å². The highest BCUT2D eigenvalue weighted by Crippen LogP contribution is 2.22. The minimum Gasteiger partial charge on any atom is -0.507 e. The van der Waals surface area contributed by atoms with Gasteiger partial charge in [0.1, 0.15) is 5.75 Å². The summed E-state index contributed by atoms with van der Waals surface area (Å²) in [5, 5.41) is 9.12. The van der Waals surface area contributed by atoms with Crippen LogP contribution in [-0.4, -0.2) is 19.8 Å². The lowest BCUT2D eigenvalue weighted by Gasteiger charge is -2.03. The van der Waals surface area contributed by atoms with Gasteiger partial charge in [-0.05, 0) is 35.4 Å².